The van der Waals surface area contributed by atoms with Crippen molar-refractivity contribution in [2.24, 2.45) is 14.1 Å². The molecule has 0 amide bonds. The van der Waals surface area contributed by atoms with E-state index in [9.17, 15) is 39.2 Å². The number of aliphatic hydroxyl groups excluding tert-OH is 1. The van der Waals surface area contributed by atoms with Gasteiger partial charge < -0.3 is 19.4 Å². The SMILES string of the molecule is COc1cc(OC(=O)CCCO[N+](=O)[O-])cc(C(=O)/C=C(\O)C(=O)n2cnc3c2c(=O)n(C)c(=O)n3C)c1. The topological polar surface area (TPSA) is 204 Å². The second-order valence-electron chi connectivity index (χ2n) is 7.72. The Morgan fingerprint density at radius 2 is 1.82 bits per heavy atom. The van der Waals surface area contributed by atoms with Crippen molar-refractivity contribution in [2.45, 2.75) is 12.8 Å². The fourth-order valence-corrected chi connectivity index (χ4v) is 3.32. The van der Waals surface area contributed by atoms with Gasteiger partial charge >= 0.3 is 11.7 Å². The van der Waals surface area contributed by atoms with E-state index in [0.29, 0.717) is 10.6 Å². The van der Waals surface area contributed by atoms with Crippen LogP contribution in [0.3, 0.4) is 0 Å². The zero-order valence-electron chi connectivity index (χ0n) is 20.3. The molecule has 3 aromatic rings. The number of ether oxygens (including phenoxy) is 2. The quantitative estimate of drug-likeness (QED) is 0.0548. The number of aromatic nitrogens is 4. The molecule has 0 saturated heterocycles. The minimum Gasteiger partial charge on any atom is -0.503 e. The van der Waals surface area contributed by atoms with Crippen molar-refractivity contribution >= 4 is 28.8 Å². The van der Waals surface area contributed by atoms with E-state index in [-0.39, 0.29) is 47.7 Å². The standard InChI is InChI=1S/C22H21N5O11/c1-24-19-18(21(32)25(2)22(24)33)26(11-23-19)20(31)16(29)10-15(28)12-7-13(36-3)9-14(8-12)38-17(30)5-4-6-37-27(34)35/h7-11,29H,4-6H2,1-3H3/b16-10-. The fraction of sp³-hybridized carbons (Fsp3) is 0.273. The van der Waals surface area contributed by atoms with Gasteiger partial charge in [-0.05, 0) is 18.6 Å². The van der Waals surface area contributed by atoms with Crippen LogP contribution in [0.1, 0.15) is 28.0 Å². The van der Waals surface area contributed by atoms with E-state index in [1.54, 1.807) is 0 Å². The first kappa shape index (κ1) is 27.3. The minimum atomic E-state index is -1.16. The molecule has 16 heteroatoms. The molecule has 0 aliphatic heterocycles. The number of allylic oxidation sites excluding steroid dienone is 2. The van der Waals surface area contributed by atoms with Gasteiger partial charge in [-0.1, -0.05) is 0 Å². The predicted molar refractivity (Wildman–Crippen MR) is 127 cm³/mol. The lowest BCUT2D eigenvalue weighted by Crippen LogP contribution is -2.38. The molecule has 1 aromatic carbocycles. The van der Waals surface area contributed by atoms with Crippen molar-refractivity contribution in [3.63, 3.8) is 0 Å². The second-order valence-corrected chi connectivity index (χ2v) is 7.72. The molecule has 1 N–H and O–H groups in total. The van der Waals surface area contributed by atoms with Gasteiger partial charge in [-0.3, -0.25) is 32.9 Å². The Hall–Kier alpha value is -5.28. The number of aryl methyl sites for hydroxylation is 1. The first-order valence-corrected chi connectivity index (χ1v) is 10.7. The summed E-state index contributed by atoms with van der Waals surface area (Å²) in [5.41, 5.74) is -2.02. The van der Waals surface area contributed by atoms with Crippen LogP contribution in [0.4, 0.5) is 0 Å². The maximum atomic E-state index is 12.8. The Labute approximate surface area is 212 Å². The van der Waals surface area contributed by atoms with Crippen LogP contribution in [-0.2, 0) is 23.7 Å². The molecule has 16 nitrogen and oxygen atoms in total. The molecule has 38 heavy (non-hydrogen) atoms. The number of carbonyl (C=O) groups excluding carboxylic acids is 3. The monoisotopic (exact) mass is 531 g/mol. The number of aliphatic hydroxyl groups is 1. The van der Waals surface area contributed by atoms with Gasteiger partial charge in [0.25, 0.3) is 16.6 Å². The van der Waals surface area contributed by atoms with Gasteiger partial charge in [-0.2, -0.15) is 0 Å². The molecule has 0 bridgehead atoms. The van der Waals surface area contributed by atoms with Crippen molar-refractivity contribution in [1.29, 1.82) is 0 Å². The van der Waals surface area contributed by atoms with Crippen LogP contribution in [0.5, 0.6) is 11.5 Å². The third-order valence-electron chi connectivity index (χ3n) is 5.21. The highest BCUT2D eigenvalue weighted by Crippen LogP contribution is 2.24. The molecule has 0 fully saturated rings. The minimum absolute atomic E-state index is 0.00842. The highest BCUT2D eigenvalue weighted by atomic mass is 16.9. The number of ketones is 1. The van der Waals surface area contributed by atoms with Gasteiger partial charge in [-0.25, -0.2) is 9.78 Å². The third-order valence-corrected chi connectivity index (χ3v) is 5.21. The van der Waals surface area contributed by atoms with E-state index in [0.717, 1.165) is 21.5 Å². The Kier molecular flexibility index (Phi) is 8.04. The van der Waals surface area contributed by atoms with Gasteiger partial charge in [0.15, 0.2) is 22.7 Å². The first-order valence-electron chi connectivity index (χ1n) is 10.7. The van der Waals surface area contributed by atoms with Crippen LogP contribution >= 0.6 is 0 Å². The summed E-state index contributed by atoms with van der Waals surface area (Å²) in [5, 5.41) is 19.5. The van der Waals surface area contributed by atoms with Crippen molar-refractivity contribution < 1.29 is 38.9 Å². The van der Waals surface area contributed by atoms with Crippen LogP contribution in [0.25, 0.3) is 11.2 Å². The normalized spacial score (nSPS) is 11.3. The number of nitrogens with zero attached hydrogens (tertiary/aromatic N) is 5. The molecule has 0 unspecified atom stereocenters. The maximum absolute atomic E-state index is 12.8. The number of carbonyl (C=O) groups is 3. The largest absolute Gasteiger partial charge is 0.503 e. The summed E-state index contributed by atoms with van der Waals surface area (Å²) in [6.45, 7) is -0.309. The zero-order chi connectivity index (χ0) is 28.1. The third kappa shape index (κ3) is 5.75. The molecular formula is C22H21N5O11. The van der Waals surface area contributed by atoms with E-state index >= 15 is 0 Å². The number of hydrogen-bond donors (Lipinski definition) is 1. The Morgan fingerprint density at radius 3 is 2.47 bits per heavy atom. The number of methoxy groups -OCH3 is 1. The van der Waals surface area contributed by atoms with Gasteiger partial charge in [0.1, 0.15) is 17.8 Å². The molecule has 0 saturated carbocycles. The molecule has 0 radical (unpaired) electrons. The van der Waals surface area contributed by atoms with Crippen LogP contribution in [0, 0.1) is 10.1 Å². The average Bonchev–Trinajstić information content (AvgIpc) is 3.33. The van der Waals surface area contributed by atoms with Gasteiger partial charge in [-0.15, -0.1) is 10.1 Å². The summed E-state index contributed by atoms with van der Waals surface area (Å²) in [6.07, 6.45) is 1.32. The van der Waals surface area contributed by atoms with Crippen molar-refractivity contribution in [2.75, 3.05) is 13.7 Å². The first-order chi connectivity index (χ1) is 17.9. The predicted octanol–water partition coefficient (Wildman–Crippen LogP) is 0.301. The van der Waals surface area contributed by atoms with E-state index in [2.05, 4.69) is 9.82 Å². The highest BCUT2D eigenvalue weighted by molar-refractivity contribution is 6.10. The Bertz CT molecular complexity index is 1600. The maximum Gasteiger partial charge on any atom is 0.332 e. The van der Waals surface area contributed by atoms with E-state index < -0.39 is 39.8 Å². The van der Waals surface area contributed by atoms with Crippen LogP contribution < -0.4 is 20.7 Å². The fourth-order valence-electron chi connectivity index (χ4n) is 3.32. The molecule has 0 atom stereocenters. The smallest absolute Gasteiger partial charge is 0.332 e. The van der Waals surface area contributed by atoms with Crippen molar-refractivity contribution in [3.05, 3.63) is 72.9 Å². The molecule has 2 heterocycles. The lowest BCUT2D eigenvalue weighted by molar-refractivity contribution is -0.757. The van der Waals surface area contributed by atoms with Crippen molar-refractivity contribution in [3.8, 4) is 11.5 Å². The van der Waals surface area contributed by atoms with Crippen molar-refractivity contribution in [1.82, 2.24) is 18.7 Å². The number of fused-ring (bicyclic) bond motifs is 1. The van der Waals surface area contributed by atoms with Gasteiger partial charge in [0, 0.05) is 38.2 Å². The van der Waals surface area contributed by atoms with E-state index in [1.165, 1.54) is 33.3 Å². The summed E-state index contributed by atoms with van der Waals surface area (Å²) < 4.78 is 12.7. The number of hydrogen-bond acceptors (Lipinski definition) is 12. The molecule has 0 aliphatic carbocycles. The lowest BCUT2D eigenvalue weighted by Gasteiger charge is -2.09. The number of imidazole rings is 1. The molecule has 200 valence electrons. The zero-order valence-corrected chi connectivity index (χ0v) is 20.3. The molecule has 0 aliphatic rings. The van der Waals surface area contributed by atoms with Gasteiger partial charge in [0.2, 0.25) is 0 Å². The molecule has 2 aromatic heterocycles. The van der Waals surface area contributed by atoms with Crippen LogP contribution in [0.2, 0.25) is 0 Å². The van der Waals surface area contributed by atoms with E-state index in [1.807, 2.05) is 0 Å². The Morgan fingerprint density at radius 1 is 1.13 bits per heavy atom. The summed E-state index contributed by atoms with van der Waals surface area (Å²) >= 11 is 0. The lowest BCUT2D eigenvalue weighted by atomic mass is 10.1. The number of rotatable bonds is 10. The summed E-state index contributed by atoms with van der Waals surface area (Å²) in [5.74, 6) is -3.84. The molecule has 3 rings (SSSR count). The van der Waals surface area contributed by atoms with Gasteiger partial charge in [0.05, 0.1) is 13.7 Å². The second kappa shape index (κ2) is 11.2. The molecular weight excluding hydrogens is 510 g/mol. The highest BCUT2D eigenvalue weighted by Gasteiger charge is 2.22. The van der Waals surface area contributed by atoms with Crippen LogP contribution in [-0.4, -0.2) is 60.3 Å². The average molecular weight is 531 g/mol. The summed E-state index contributed by atoms with van der Waals surface area (Å²) in [4.78, 5) is 80.4. The molecule has 0 spiro atoms. The number of esters is 1. The van der Waals surface area contributed by atoms with Crippen LogP contribution in [0.15, 0.2) is 46.0 Å². The summed E-state index contributed by atoms with van der Waals surface area (Å²) in [7, 11) is 3.84. The summed E-state index contributed by atoms with van der Waals surface area (Å²) in [6, 6.07) is 3.72. The Balaban J connectivity index is 1.85. The number of benzene rings is 1. The van der Waals surface area contributed by atoms with E-state index in [4.69, 9.17) is 9.47 Å².